The summed E-state index contributed by atoms with van der Waals surface area (Å²) < 4.78 is 0. The fourth-order valence-corrected chi connectivity index (χ4v) is 4.12. The van der Waals surface area contributed by atoms with Gasteiger partial charge in [0, 0.05) is 5.18 Å². The Labute approximate surface area is 139 Å². The molecule has 0 saturated heterocycles. The lowest BCUT2D eigenvalue weighted by Crippen LogP contribution is -2.28. The lowest BCUT2D eigenvalue weighted by atomic mass is 9.67. The first-order valence-electron chi connectivity index (χ1n) is 8.95. The first-order chi connectivity index (χ1) is 11.0. The molecule has 0 aromatic carbocycles. The molecule has 2 aliphatic rings. The summed E-state index contributed by atoms with van der Waals surface area (Å²) in [5.74, 6) is 1.93. The van der Waals surface area contributed by atoms with E-state index in [9.17, 15) is 14.8 Å². The van der Waals surface area contributed by atoms with Gasteiger partial charge in [0.2, 0.25) is 0 Å². The van der Waals surface area contributed by atoms with Crippen LogP contribution < -0.4 is 0 Å². The number of hydrogen-bond donors (Lipinski definition) is 1. The molecule has 2 aliphatic carbocycles. The van der Waals surface area contributed by atoms with Crippen molar-refractivity contribution in [2.45, 2.75) is 64.9 Å². The minimum Gasteiger partial charge on any atom is -0.393 e. The second-order valence-corrected chi connectivity index (χ2v) is 7.34. The maximum atomic E-state index is 10.9. The number of carbonyl (C=O) groups is 1. The second-order valence-electron chi connectivity index (χ2n) is 7.34. The van der Waals surface area contributed by atoms with Crippen molar-refractivity contribution in [3.05, 3.63) is 28.7 Å². The van der Waals surface area contributed by atoms with Crippen molar-refractivity contribution in [3.8, 4) is 0 Å². The Kier molecular flexibility index (Phi) is 6.70. The Bertz CT molecular complexity index is 483. The van der Waals surface area contributed by atoms with Crippen molar-refractivity contribution in [3.63, 3.8) is 0 Å². The van der Waals surface area contributed by atoms with Crippen LogP contribution in [0.4, 0.5) is 0 Å². The van der Waals surface area contributed by atoms with Gasteiger partial charge in [0.15, 0.2) is 0 Å². The molecule has 0 radical (unpaired) electrons. The standard InChI is InChI=1S/C19H29NO3/c1-13-7-10-18-15(11-13)9-8-14(2)17(18)6-4-3-5-16(21)12-19(22)20-23/h8-9,11,13-14,16-18,21H,3-7,10,12H2,1-2H3/t13-,14+,16-,17+,18?/m1/s1. The highest BCUT2D eigenvalue weighted by Crippen LogP contribution is 2.43. The van der Waals surface area contributed by atoms with Crippen LogP contribution in [0.1, 0.15) is 58.8 Å². The average molecular weight is 319 g/mol. The van der Waals surface area contributed by atoms with Gasteiger partial charge in [-0.25, -0.2) is 0 Å². The Balaban J connectivity index is 1.79. The van der Waals surface area contributed by atoms with E-state index < -0.39 is 12.0 Å². The summed E-state index contributed by atoms with van der Waals surface area (Å²) in [5, 5.41) is 12.0. The number of hydrogen-bond acceptors (Lipinski definition) is 3. The lowest BCUT2D eigenvalue weighted by Gasteiger charge is -2.38. The van der Waals surface area contributed by atoms with E-state index in [-0.39, 0.29) is 6.42 Å². The van der Waals surface area contributed by atoms with Gasteiger partial charge < -0.3 is 5.11 Å². The summed E-state index contributed by atoms with van der Waals surface area (Å²) in [7, 11) is 0. The number of carbonyl (C=O) groups excluding carboxylic acids is 1. The third-order valence-electron chi connectivity index (χ3n) is 5.46. The fraction of sp³-hybridized carbons (Fsp3) is 0.737. The monoisotopic (exact) mass is 319 g/mol. The quantitative estimate of drug-likeness (QED) is 0.559. The molecule has 4 heteroatoms. The number of rotatable bonds is 7. The SMILES string of the molecule is C[C@H]1C=C2C=C[C@H](C)[C@H](CCCC[C@@H](O)CC(=O)N=O)C2CC1. The number of nitroso groups, excluding NO2 is 1. The molecule has 0 aromatic heterocycles. The molecule has 1 N–H and O–H groups in total. The van der Waals surface area contributed by atoms with E-state index in [0.717, 1.165) is 19.3 Å². The first kappa shape index (κ1) is 18.1. The van der Waals surface area contributed by atoms with Gasteiger partial charge in [-0.1, -0.05) is 44.9 Å². The van der Waals surface area contributed by atoms with Crippen molar-refractivity contribution >= 4 is 5.91 Å². The van der Waals surface area contributed by atoms with E-state index in [0.29, 0.717) is 30.1 Å². The zero-order chi connectivity index (χ0) is 16.8. The third-order valence-corrected chi connectivity index (χ3v) is 5.46. The molecule has 0 saturated carbocycles. The number of aliphatic hydroxyl groups is 1. The topological polar surface area (TPSA) is 66.7 Å². The van der Waals surface area contributed by atoms with Gasteiger partial charge >= 0.3 is 0 Å². The van der Waals surface area contributed by atoms with E-state index in [1.807, 2.05) is 0 Å². The number of fused-ring (bicyclic) bond motifs is 1. The van der Waals surface area contributed by atoms with Gasteiger partial charge in [0.25, 0.3) is 5.91 Å². The summed E-state index contributed by atoms with van der Waals surface area (Å²) in [6.07, 6.45) is 12.5. The molecule has 4 nitrogen and oxygen atoms in total. The van der Waals surface area contributed by atoms with Gasteiger partial charge in [-0.15, -0.1) is 4.91 Å². The molecule has 23 heavy (non-hydrogen) atoms. The summed E-state index contributed by atoms with van der Waals surface area (Å²) in [5.41, 5.74) is 1.52. The van der Waals surface area contributed by atoms with Crippen molar-refractivity contribution < 1.29 is 9.90 Å². The number of allylic oxidation sites excluding steroid dienone is 4. The molecule has 0 spiro atoms. The van der Waals surface area contributed by atoms with E-state index in [2.05, 4.69) is 37.3 Å². The number of amides is 1. The fourth-order valence-electron chi connectivity index (χ4n) is 4.12. The average Bonchev–Trinajstić information content (AvgIpc) is 2.53. The third kappa shape index (κ3) is 5.10. The molecular formula is C19H29NO3. The van der Waals surface area contributed by atoms with Crippen LogP contribution in [0.15, 0.2) is 29.0 Å². The predicted octanol–water partition coefficient (Wildman–Crippen LogP) is 4.39. The normalized spacial score (nSPS) is 31.2. The Morgan fingerprint density at radius 2 is 2.13 bits per heavy atom. The van der Waals surface area contributed by atoms with E-state index in [1.54, 1.807) is 0 Å². The summed E-state index contributed by atoms with van der Waals surface area (Å²) in [6, 6.07) is 0. The van der Waals surface area contributed by atoms with Crippen LogP contribution in [-0.2, 0) is 4.79 Å². The summed E-state index contributed by atoms with van der Waals surface area (Å²) in [4.78, 5) is 20.9. The zero-order valence-electron chi connectivity index (χ0n) is 14.3. The van der Waals surface area contributed by atoms with Crippen molar-refractivity contribution in [2.75, 3.05) is 0 Å². The second kappa shape index (κ2) is 8.53. The molecule has 1 unspecified atom stereocenters. The molecule has 0 bridgehead atoms. The minimum absolute atomic E-state index is 0.139. The highest BCUT2D eigenvalue weighted by atomic mass is 16.3. The van der Waals surface area contributed by atoms with Crippen LogP contribution in [0.2, 0.25) is 0 Å². The molecule has 0 aliphatic heterocycles. The smallest absolute Gasteiger partial charge is 0.288 e. The van der Waals surface area contributed by atoms with Crippen LogP contribution in [0.25, 0.3) is 0 Å². The van der Waals surface area contributed by atoms with Gasteiger partial charge in [-0.3, -0.25) is 4.79 Å². The van der Waals surface area contributed by atoms with Crippen molar-refractivity contribution in [1.29, 1.82) is 0 Å². The highest BCUT2D eigenvalue weighted by molar-refractivity contribution is 5.76. The Morgan fingerprint density at radius 3 is 2.87 bits per heavy atom. The van der Waals surface area contributed by atoms with Crippen LogP contribution in [0.5, 0.6) is 0 Å². The summed E-state index contributed by atoms with van der Waals surface area (Å²) >= 11 is 0. The lowest BCUT2D eigenvalue weighted by molar-refractivity contribution is -0.119. The van der Waals surface area contributed by atoms with Crippen LogP contribution in [0, 0.1) is 28.6 Å². The molecule has 128 valence electrons. The Morgan fingerprint density at radius 1 is 1.35 bits per heavy atom. The molecular weight excluding hydrogens is 290 g/mol. The number of unbranched alkanes of at least 4 members (excludes halogenated alkanes) is 1. The van der Waals surface area contributed by atoms with Crippen LogP contribution in [-0.4, -0.2) is 17.1 Å². The van der Waals surface area contributed by atoms with Crippen LogP contribution >= 0.6 is 0 Å². The summed E-state index contributed by atoms with van der Waals surface area (Å²) in [6.45, 7) is 4.60. The predicted molar refractivity (Wildman–Crippen MR) is 91.7 cm³/mol. The number of aliphatic hydroxyl groups excluding tert-OH is 1. The van der Waals surface area contributed by atoms with Gasteiger partial charge in [0.05, 0.1) is 12.5 Å². The maximum Gasteiger partial charge on any atom is 0.288 e. The van der Waals surface area contributed by atoms with Gasteiger partial charge in [0.1, 0.15) is 0 Å². The van der Waals surface area contributed by atoms with E-state index in [1.165, 1.54) is 18.4 Å². The Hall–Kier alpha value is -1.29. The molecule has 5 atom stereocenters. The van der Waals surface area contributed by atoms with Crippen LogP contribution in [0.3, 0.4) is 0 Å². The van der Waals surface area contributed by atoms with Gasteiger partial charge in [-0.05, 0) is 54.9 Å². The van der Waals surface area contributed by atoms with Crippen molar-refractivity contribution in [1.82, 2.24) is 0 Å². The molecule has 0 fully saturated rings. The molecule has 2 rings (SSSR count). The number of nitrogens with zero attached hydrogens (tertiary/aromatic N) is 1. The minimum atomic E-state index is -0.755. The highest BCUT2D eigenvalue weighted by Gasteiger charge is 2.32. The molecule has 0 aromatic rings. The van der Waals surface area contributed by atoms with Gasteiger partial charge in [-0.2, -0.15) is 0 Å². The van der Waals surface area contributed by atoms with E-state index >= 15 is 0 Å². The molecule has 1 amide bonds. The molecule has 0 heterocycles. The van der Waals surface area contributed by atoms with E-state index in [4.69, 9.17) is 0 Å². The zero-order valence-corrected chi connectivity index (χ0v) is 14.3. The van der Waals surface area contributed by atoms with Crippen molar-refractivity contribution in [2.24, 2.45) is 28.8 Å². The first-order valence-corrected chi connectivity index (χ1v) is 8.95. The largest absolute Gasteiger partial charge is 0.393 e. The maximum absolute atomic E-state index is 10.9.